The molecule has 3 aromatic rings. The number of hydrogen-bond donors (Lipinski definition) is 3. The van der Waals surface area contributed by atoms with Crippen molar-refractivity contribution in [1.29, 1.82) is 0 Å². The van der Waals surface area contributed by atoms with E-state index in [1.807, 2.05) is 30.3 Å². The molecule has 0 unspecified atom stereocenters. The second kappa shape index (κ2) is 9.36. The molecule has 4 rings (SSSR count). The lowest BCUT2D eigenvalue weighted by Crippen LogP contribution is -2.36. The number of hydrogen-bond acceptors (Lipinski definition) is 5. The Balaban J connectivity index is 1.27. The second-order valence-electron chi connectivity index (χ2n) is 8.29. The Morgan fingerprint density at radius 3 is 2.42 bits per heavy atom. The van der Waals surface area contributed by atoms with Crippen LogP contribution in [0.4, 0.5) is 10.2 Å². The van der Waals surface area contributed by atoms with Gasteiger partial charge in [-0.25, -0.2) is 14.4 Å². The lowest BCUT2D eigenvalue weighted by molar-refractivity contribution is -0.123. The number of nitrogens with one attached hydrogen (secondary N) is 2. The predicted octanol–water partition coefficient (Wildman–Crippen LogP) is 2.83. The van der Waals surface area contributed by atoms with E-state index in [1.54, 1.807) is 13.0 Å². The van der Waals surface area contributed by atoms with Gasteiger partial charge in [0.2, 0.25) is 5.91 Å². The van der Waals surface area contributed by atoms with Crippen LogP contribution in [0.2, 0.25) is 0 Å². The average molecular weight is 448 g/mol. The number of carbonyl (C=O) groups is 2. The van der Waals surface area contributed by atoms with Crippen LogP contribution in [0.1, 0.15) is 45.6 Å². The Morgan fingerprint density at radius 1 is 1.03 bits per heavy atom. The number of aromatic nitrogens is 2. The summed E-state index contributed by atoms with van der Waals surface area (Å²) in [5.74, 6) is -0.607. The number of halogens is 1. The van der Waals surface area contributed by atoms with Gasteiger partial charge in [-0.05, 0) is 54.5 Å². The average Bonchev–Trinajstić information content (AvgIpc) is 3.62. The fraction of sp³-hybridized carbons (Fsp3) is 0.280. The number of carbonyl (C=O) groups excluding carboxylic acids is 2. The van der Waals surface area contributed by atoms with E-state index < -0.39 is 5.41 Å². The fourth-order valence-corrected chi connectivity index (χ4v) is 3.97. The SMILES string of the molecule is Cc1c(F)cccc1C1(C(=O)NCCc2ccc(CNC(=O)c3nccnc3N)cc2)CC1. The van der Waals surface area contributed by atoms with E-state index in [1.165, 1.54) is 18.5 Å². The van der Waals surface area contributed by atoms with Crippen LogP contribution in [0, 0.1) is 12.7 Å². The van der Waals surface area contributed by atoms with Crippen molar-refractivity contribution in [2.24, 2.45) is 0 Å². The van der Waals surface area contributed by atoms with Gasteiger partial charge in [0.1, 0.15) is 5.82 Å². The molecule has 8 heteroatoms. The molecule has 1 saturated carbocycles. The number of nitrogen functional groups attached to an aromatic ring is 1. The number of nitrogens with two attached hydrogens (primary N) is 1. The van der Waals surface area contributed by atoms with Crippen molar-refractivity contribution >= 4 is 17.6 Å². The maximum atomic E-state index is 13.9. The van der Waals surface area contributed by atoms with E-state index in [4.69, 9.17) is 5.73 Å². The Morgan fingerprint density at radius 2 is 1.73 bits per heavy atom. The van der Waals surface area contributed by atoms with Crippen LogP contribution >= 0.6 is 0 Å². The summed E-state index contributed by atoms with van der Waals surface area (Å²) < 4.78 is 13.9. The predicted molar refractivity (Wildman–Crippen MR) is 123 cm³/mol. The molecule has 0 saturated heterocycles. The summed E-state index contributed by atoms with van der Waals surface area (Å²) in [7, 11) is 0. The second-order valence-corrected chi connectivity index (χ2v) is 8.29. The Labute approximate surface area is 191 Å². The Hall–Kier alpha value is -3.81. The molecule has 7 nitrogen and oxygen atoms in total. The molecule has 0 atom stereocenters. The molecule has 170 valence electrons. The van der Waals surface area contributed by atoms with E-state index in [9.17, 15) is 14.0 Å². The molecule has 1 heterocycles. The summed E-state index contributed by atoms with van der Waals surface area (Å²) in [5, 5.41) is 5.79. The van der Waals surface area contributed by atoms with Gasteiger partial charge in [-0.15, -0.1) is 0 Å². The molecule has 1 aromatic heterocycles. The number of nitrogens with zero attached hydrogens (tertiary/aromatic N) is 2. The molecule has 0 spiro atoms. The highest BCUT2D eigenvalue weighted by molar-refractivity contribution is 5.96. The summed E-state index contributed by atoms with van der Waals surface area (Å²) in [6, 6.07) is 12.7. The molecule has 0 aliphatic heterocycles. The molecule has 0 bridgehead atoms. The highest BCUT2D eigenvalue weighted by Crippen LogP contribution is 2.49. The van der Waals surface area contributed by atoms with Crippen molar-refractivity contribution < 1.29 is 14.0 Å². The zero-order valence-corrected chi connectivity index (χ0v) is 18.4. The van der Waals surface area contributed by atoms with Crippen molar-refractivity contribution in [1.82, 2.24) is 20.6 Å². The first-order chi connectivity index (χ1) is 15.9. The Kier molecular flexibility index (Phi) is 6.35. The molecule has 4 N–H and O–H groups in total. The van der Waals surface area contributed by atoms with Crippen molar-refractivity contribution in [3.63, 3.8) is 0 Å². The van der Waals surface area contributed by atoms with Gasteiger partial charge in [0.15, 0.2) is 11.5 Å². The van der Waals surface area contributed by atoms with E-state index in [2.05, 4.69) is 20.6 Å². The summed E-state index contributed by atoms with van der Waals surface area (Å²) in [4.78, 5) is 32.8. The van der Waals surface area contributed by atoms with Crippen LogP contribution in [0.15, 0.2) is 54.9 Å². The molecular formula is C25H26FN5O2. The first-order valence-corrected chi connectivity index (χ1v) is 10.9. The van der Waals surface area contributed by atoms with Gasteiger partial charge < -0.3 is 16.4 Å². The molecule has 1 fully saturated rings. The maximum Gasteiger partial charge on any atom is 0.273 e. The molecule has 0 radical (unpaired) electrons. The van der Waals surface area contributed by atoms with E-state index in [0.29, 0.717) is 25.1 Å². The lowest BCUT2D eigenvalue weighted by atomic mass is 9.90. The normalized spacial score (nSPS) is 13.9. The van der Waals surface area contributed by atoms with Gasteiger partial charge >= 0.3 is 0 Å². The summed E-state index contributed by atoms with van der Waals surface area (Å²) >= 11 is 0. The van der Waals surface area contributed by atoms with E-state index >= 15 is 0 Å². The largest absolute Gasteiger partial charge is 0.382 e. The van der Waals surface area contributed by atoms with Crippen molar-refractivity contribution in [2.45, 2.75) is 38.1 Å². The third-order valence-corrected chi connectivity index (χ3v) is 6.08. The van der Waals surface area contributed by atoms with Gasteiger partial charge in [-0.3, -0.25) is 9.59 Å². The van der Waals surface area contributed by atoms with Crippen molar-refractivity contribution in [3.05, 3.63) is 88.6 Å². The minimum absolute atomic E-state index is 0.0428. The van der Waals surface area contributed by atoms with Crippen molar-refractivity contribution in [3.8, 4) is 0 Å². The number of benzene rings is 2. The minimum Gasteiger partial charge on any atom is -0.382 e. The summed E-state index contributed by atoms with van der Waals surface area (Å²) in [6.07, 6.45) is 5.00. The third kappa shape index (κ3) is 4.84. The van der Waals surface area contributed by atoms with Crippen LogP contribution < -0.4 is 16.4 Å². The summed E-state index contributed by atoms with van der Waals surface area (Å²) in [5.41, 5.74) is 8.51. The first kappa shape index (κ1) is 22.4. The molecular weight excluding hydrogens is 421 g/mol. The molecule has 1 aliphatic rings. The number of amides is 2. The van der Waals surface area contributed by atoms with Crippen molar-refractivity contribution in [2.75, 3.05) is 12.3 Å². The molecule has 2 aromatic carbocycles. The number of rotatable bonds is 8. The van der Waals surface area contributed by atoms with Crippen LogP contribution in [-0.4, -0.2) is 28.3 Å². The molecule has 1 aliphatic carbocycles. The zero-order chi connectivity index (χ0) is 23.4. The van der Waals surface area contributed by atoms with Gasteiger partial charge in [0.05, 0.1) is 5.41 Å². The quantitative estimate of drug-likeness (QED) is 0.492. The highest BCUT2D eigenvalue weighted by atomic mass is 19.1. The molecule has 2 amide bonds. The fourth-order valence-electron chi connectivity index (χ4n) is 3.97. The monoisotopic (exact) mass is 447 g/mol. The number of anilines is 1. The highest BCUT2D eigenvalue weighted by Gasteiger charge is 2.52. The van der Waals surface area contributed by atoms with Crippen LogP contribution in [-0.2, 0) is 23.2 Å². The maximum absolute atomic E-state index is 13.9. The van der Waals surface area contributed by atoms with Crippen LogP contribution in [0.25, 0.3) is 0 Å². The smallest absolute Gasteiger partial charge is 0.273 e. The standard InChI is InChI=1S/C25H26FN5O2/c1-16-19(3-2-4-20(16)26)25(10-11-25)24(33)30-12-9-17-5-7-18(8-6-17)15-31-23(32)21-22(27)29-14-13-28-21/h2-8,13-14H,9-12,15H2,1H3,(H2,27,29)(H,30,33)(H,31,32). The Bertz CT molecular complexity index is 1180. The van der Waals surface area contributed by atoms with Crippen LogP contribution in [0.3, 0.4) is 0 Å². The third-order valence-electron chi connectivity index (χ3n) is 6.08. The van der Waals surface area contributed by atoms with Gasteiger partial charge in [0.25, 0.3) is 5.91 Å². The molecule has 33 heavy (non-hydrogen) atoms. The lowest BCUT2D eigenvalue weighted by Gasteiger charge is -2.18. The van der Waals surface area contributed by atoms with Crippen LogP contribution in [0.5, 0.6) is 0 Å². The summed E-state index contributed by atoms with van der Waals surface area (Å²) in [6.45, 7) is 2.56. The zero-order valence-electron chi connectivity index (χ0n) is 18.4. The topological polar surface area (TPSA) is 110 Å². The van der Waals surface area contributed by atoms with Gasteiger partial charge in [-0.1, -0.05) is 36.4 Å². The first-order valence-electron chi connectivity index (χ1n) is 10.9. The van der Waals surface area contributed by atoms with E-state index in [0.717, 1.165) is 29.5 Å². The van der Waals surface area contributed by atoms with Gasteiger partial charge in [-0.2, -0.15) is 0 Å². The minimum atomic E-state index is -0.596. The van der Waals surface area contributed by atoms with Gasteiger partial charge in [0, 0.05) is 25.5 Å². The van der Waals surface area contributed by atoms with E-state index in [-0.39, 0.29) is 29.1 Å².